The number of aliphatic imine (C=N–C) groups is 1. The molecule has 0 aliphatic rings. The summed E-state index contributed by atoms with van der Waals surface area (Å²) in [5.41, 5.74) is 9.00. The third-order valence-corrected chi connectivity index (χ3v) is 3.38. The summed E-state index contributed by atoms with van der Waals surface area (Å²) in [6, 6.07) is 15.8. The van der Waals surface area contributed by atoms with Crippen molar-refractivity contribution >= 4 is 35.6 Å². The molecule has 0 aliphatic heterocycles. The van der Waals surface area contributed by atoms with Gasteiger partial charge >= 0.3 is 0 Å². The van der Waals surface area contributed by atoms with Crippen LogP contribution in [0.4, 0.5) is 5.69 Å². The molecule has 0 atom stereocenters. The molecule has 3 N–H and O–H groups in total. The molecule has 0 bridgehead atoms. The normalized spacial score (nSPS) is 10.9. The van der Waals surface area contributed by atoms with Crippen LogP contribution in [0.5, 0.6) is 5.75 Å². The Labute approximate surface area is 166 Å². The van der Waals surface area contributed by atoms with Gasteiger partial charge in [0.05, 0.1) is 13.2 Å². The standard InChI is InChI=1S/C19H25N3O2.HI/c1-3-23-11-12-24-18-13-15(2)9-10-16(18)14-21-19(20)22-17-7-5-4-6-8-17;/h4-10,13H,3,11-12,14H2,1-2H3,(H3,20,21,22);1H. The van der Waals surface area contributed by atoms with Crippen molar-refractivity contribution in [2.75, 3.05) is 25.1 Å². The minimum atomic E-state index is 0. The number of nitrogens with two attached hydrogens (primary N) is 1. The first kappa shape index (κ1) is 21.2. The summed E-state index contributed by atoms with van der Waals surface area (Å²) < 4.78 is 11.1. The van der Waals surface area contributed by atoms with E-state index in [1.54, 1.807) is 0 Å². The lowest BCUT2D eigenvalue weighted by Crippen LogP contribution is -2.22. The number of rotatable bonds is 8. The van der Waals surface area contributed by atoms with Crippen molar-refractivity contribution in [3.8, 4) is 5.75 Å². The highest BCUT2D eigenvalue weighted by Gasteiger charge is 2.04. The van der Waals surface area contributed by atoms with Crippen molar-refractivity contribution in [1.82, 2.24) is 0 Å². The average molecular weight is 455 g/mol. The molecule has 0 saturated carbocycles. The first-order chi connectivity index (χ1) is 11.7. The molecule has 0 fully saturated rings. The highest BCUT2D eigenvalue weighted by atomic mass is 127. The molecule has 0 unspecified atom stereocenters. The van der Waals surface area contributed by atoms with Gasteiger partial charge in [-0.2, -0.15) is 0 Å². The van der Waals surface area contributed by atoms with E-state index in [9.17, 15) is 0 Å². The number of para-hydroxylation sites is 1. The van der Waals surface area contributed by atoms with E-state index in [2.05, 4.69) is 10.3 Å². The number of ether oxygens (including phenoxy) is 2. The molecule has 25 heavy (non-hydrogen) atoms. The van der Waals surface area contributed by atoms with Gasteiger partial charge in [0, 0.05) is 17.9 Å². The van der Waals surface area contributed by atoms with Crippen LogP contribution >= 0.6 is 24.0 Å². The van der Waals surface area contributed by atoms with Gasteiger partial charge in [-0.25, -0.2) is 4.99 Å². The van der Waals surface area contributed by atoms with E-state index >= 15 is 0 Å². The fourth-order valence-electron chi connectivity index (χ4n) is 2.16. The second-order valence-electron chi connectivity index (χ2n) is 5.35. The Morgan fingerprint density at radius 3 is 2.60 bits per heavy atom. The highest BCUT2D eigenvalue weighted by Crippen LogP contribution is 2.21. The van der Waals surface area contributed by atoms with Gasteiger partial charge < -0.3 is 20.5 Å². The maximum Gasteiger partial charge on any atom is 0.193 e. The van der Waals surface area contributed by atoms with Crippen LogP contribution in [0, 0.1) is 6.92 Å². The average Bonchev–Trinajstić information content (AvgIpc) is 2.59. The van der Waals surface area contributed by atoms with Gasteiger partial charge in [0.15, 0.2) is 5.96 Å². The molecule has 0 heterocycles. The fraction of sp³-hybridized carbons (Fsp3) is 0.316. The number of guanidine groups is 1. The van der Waals surface area contributed by atoms with Crippen LogP contribution in [0.3, 0.4) is 0 Å². The van der Waals surface area contributed by atoms with Crippen molar-refractivity contribution < 1.29 is 9.47 Å². The second-order valence-corrected chi connectivity index (χ2v) is 5.35. The number of halogens is 1. The number of benzene rings is 2. The molecular weight excluding hydrogens is 429 g/mol. The number of hydrogen-bond donors (Lipinski definition) is 2. The smallest absolute Gasteiger partial charge is 0.193 e. The number of nitrogens with zero attached hydrogens (tertiary/aromatic N) is 1. The maximum atomic E-state index is 5.95. The quantitative estimate of drug-likeness (QED) is 0.274. The van der Waals surface area contributed by atoms with Crippen LogP contribution in [0.1, 0.15) is 18.1 Å². The van der Waals surface area contributed by atoms with Gasteiger partial charge in [-0.1, -0.05) is 30.3 Å². The summed E-state index contributed by atoms with van der Waals surface area (Å²) in [6.07, 6.45) is 0. The van der Waals surface area contributed by atoms with E-state index < -0.39 is 0 Å². The summed E-state index contributed by atoms with van der Waals surface area (Å²) in [7, 11) is 0. The minimum Gasteiger partial charge on any atom is -0.491 e. The summed E-state index contributed by atoms with van der Waals surface area (Å²) in [6.45, 7) is 6.24. The van der Waals surface area contributed by atoms with Crippen molar-refractivity contribution in [2.45, 2.75) is 20.4 Å². The number of aryl methyl sites for hydroxylation is 1. The molecule has 2 aromatic rings. The van der Waals surface area contributed by atoms with Crippen molar-refractivity contribution in [3.63, 3.8) is 0 Å². The van der Waals surface area contributed by atoms with Crippen LogP contribution in [0.15, 0.2) is 53.5 Å². The Morgan fingerprint density at radius 2 is 1.88 bits per heavy atom. The largest absolute Gasteiger partial charge is 0.491 e. The third kappa shape index (κ3) is 7.74. The molecule has 0 spiro atoms. The number of anilines is 1. The zero-order chi connectivity index (χ0) is 17.2. The molecule has 0 radical (unpaired) electrons. The lowest BCUT2D eigenvalue weighted by molar-refractivity contribution is 0.110. The maximum absolute atomic E-state index is 5.95. The van der Waals surface area contributed by atoms with E-state index in [0.29, 0.717) is 32.3 Å². The number of nitrogens with one attached hydrogen (secondary N) is 1. The Balaban J connectivity index is 0.00000312. The molecule has 136 valence electrons. The molecule has 0 saturated heterocycles. The zero-order valence-corrected chi connectivity index (χ0v) is 17.0. The predicted molar refractivity (Wildman–Crippen MR) is 114 cm³/mol. The first-order valence-electron chi connectivity index (χ1n) is 8.11. The Kier molecular flexibility index (Phi) is 9.94. The van der Waals surface area contributed by atoms with E-state index in [0.717, 1.165) is 22.6 Å². The van der Waals surface area contributed by atoms with Gasteiger partial charge in [0.1, 0.15) is 12.4 Å². The lowest BCUT2D eigenvalue weighted by Gasteiger charge is -2.12. The zero-order valence-electron chi connectivity index (χ0n) is 14.7. The Hall–Kier alpha value is -1.80. The van der Waals surface area contributed by atoms with E-state index in [-0.39, 0.29) is 24.0 Å². The van der Waals surface area contributed by atoms with Gasteiger partial charge in [-0.3, -0.25) is 0 Å². The van der Waals surface area contributed by atoms with Gasteiger partial charge in [-0.15, -0.1) is 24.0 Å². The number of hydrogen-bond acceptors (Lipinski definition) is 3. The highest BCUT2D eigenvalue weighted by molar-refractivity contribution is 14.0. The second kappa shape index (κ2) is 11.7. The SMILES string of the molecule is CCOCCOc1cc(C)ccc1CN=C(N)Nc1ccccc1.I. The molecule has 2 aromatic carbocycles. The van der Waals surface area contributed by atoms with Crippen LogP contribution in [-0.2, 0) is 11.3 Å². The molecule has 0 aliphatic carbocycles. The minimum absolute atomic E-state index is 0. The fourth-order valence-corrected chi connectivity index (χ4v) is 2.16. The van der Waals surface area contributed by atoms with Crippen LogP contribution in [-0.4, -0.2) is 25.8 Å². The van der Waals surface area contributed by atoms with E-state index in [1.165, 1.54) is 0 Å². The van der Waals surface area contributed by atoms with Crippen LogP contribution in [0.2, 0.25) is 0 Å². The predicted octanol–water partition coefficient (Wildman–Crippen LogP) is 3.96. The van der Waals surface area contributed by atoms with Gasteiger partial charge in [0.2, 0.25) is 0 Å². The Bertz CT molecular complexity index is 663. The van der Waals surface area contributed by atoms with Gasteiger partial charge in [-0.05, 0) is 37.6 Å². The summed E-state index contributed by atoms with van der Waals surface area (Å²) in [4.78, 5) is 4.40. The van der Waals surface area contributed by atoms with Crippen molar-refractivity contribution in [2.24, 2.45) is 10.7 Å². The van der Waals surface area contributed by atoms with Crippen molar-refractivity contribution in [1.29, 1.82) is 0 Å². The van der Waals surface area contributed by atoms with Crippen LogP contribution < -0.4 is 15.8 Å². The van der Waals surface area contributed by atoms with Crippen molar-refractivity contribution in [3.05, 3.63) is 59.7 Å². The van der Waals surface area contributed by atoms with E-state index in [1.807, 2.05) is 62.4 Å². The summed E-state index contributed by atoms with van der Waals surface area (Å²) >= 11 is 0. The molecule has 0 amide bonds. The Morgan fingerprint density at radius 1 is 1.12 bits per heavy atom. The molecule has 6 heteroatoms. The summed E-state index contributed by atoms with van der Waals surface area (Å²) in [5, 5.41) is 3.07. The molecule has 0 aromatic heterocycles. The summed E-state index contributed by atoms with van der Waals surface area (Å²) in [5.74, 6) is 1.20. The topological polar surface area (TPSA) is 68.9 Å². The third-order valence-electron chi connectivity index (χ3n) is 3.38. The van der Waals surface area contributed by atoms with Gasteiger partial charge in [0.25, 0.3) is 0 Å². The monoisotopic (exact) mass is 455 g/mol. The molecular formula is C19H26IN3O2. The van der Waals surface area contributed by atoms with Crippen LogP contribution in [0.25, 0.3) is 0 Å². The first-order valence-corrected chi connectivity index (χ1v) is 8.11. The lowest BCUT2D eigenvalue weighted by atomic mass is 10.1. The molecule has 2 rings (SSSR count). The molecule has 5 nitrogen and oxygen atoms in total. The van der Waals surface area contributed by atoms with E-state index in [4.69, 9.17) is 15.2 Å².